The standard InChI is InChI=1S/C15H15N5O2S/c1-9-2-4-10(5-3-9)6-20-14-12(13(16)17-8-18-14)19-15(20)23-7-11(21)22/h2-5,8H,6-7H2,1H3,(H,21,22)(H2,16,17,18). The maximum absolute atomic E-state index is 10.9. The molecule has 0 bridgehead atoms. The molecule has 8 heteroatoms. The first-order chi connectivity index (χ1) is 11.0. The molecule has 0 aliphatic heterocycles. The molecule has 2 heterocycles. The number of carbonyl (C=O) groups is 1. The Morgan fingerprint density at radius 2 is 2.04 bits per heavy atom. The van der Waals surface area contributed by atoms with Crippen molar-refractivity contribution in [3.8, 4) is 0 Å². The minimum absolute atomic E-state index is 0.0788. The topological polar surface area (TPSA) is 107 Å². The fourth-order valence-corrected chi connectivity index (χ4v) is 2.90. The molecule has 118 valence electrons. The zero-order valence-corrected chi connectivity index (χ0v) is 13.2. The van der Waals surface area contributed by atoms with Crippen LogP contribution in [0.5, 0.6) is 0 Å². The molecule has 0 amide bonds. The zero-order chi connectivity index (χ0) is 16.4. The molecule has 0 aliphatic carbocycles. The van der Waals surface area contributed by atoms with Crippen molar-refractivity contribution in [3.63, 3.8) is 0 Å². The summed E-state index contributed by atoms with van der Waals surface area (Å²) in [6.45, 7) is 2.56. The first kappa shape index (κ1) is 15.3. The fourth-order valence-electron chi connectivity index (χ4n) is 2.19. The minimum Gasteiger partial charge on any atom is -0.481 e. The van der Waals surface area contributed by atoms with E-state index < -0.39 is 5.97 Å². The highest BCUT2D eigenvalue weighted by Crippen LogP contribution is 2.26. The van der Waals surface area contributed by atoms with E-state index in [1.54, 1.807) is 0 Å². The monoisotopic (exact) mass is 329 g/mol. The molecule has 0 fully saturated rings. The van der Waals surface area contributed by atoms with Gasteiger partial charge in [0.15, 0.2) is 22.1 Å². The predicted octanol–water partition coefficient (Wildman–Crippen LogP) is 1.94. The van der Waals surface area contributed by atoms with Gasteiger partial charge in [-0.15, -0.1) is 0 Å². The number of aliphatic carboxylic acids is 1. The molecule has 0 spiro atoms. The van der Waals surface area contributed by atoms with E-state index in [-0.39, 0.29) is 11.6 Å². The van der Waals surface area contributed by atoms with Crippen LogP contribution < -0.4 is 5.73 Å². The number of carboxylic acids is 1. The van der Waals surface area contributed by atoms with Gasteiger partial charge in [0.05, 0.1) is 12.3 Å². The maximum Gasteiger partial charge on any atom is 0.313 e. The number of thioether (sulfide) groups is 1. The van der Waals surface area contributed by atoms with E-state index in [0.29, 0.717) is 22.9 Å². The number of hydrogen-bond acceptors (Lipinski definition) is 6. The molecule has 3 aromatic rings. The molecule has 3 rings (SSSR count). The summed E-state index contributed by atoms with van der Waals surface area (Å²) in [6.07, 6.45) is 1.39. The first-order valence-corrected chi connectivity index (χ1v) is 7.90. The Hall–Kier alpha value is -2.61. The molecule has 0 saturated carbocycles. The number of imidazole rings is 1. The van der Waals surface area contributed by atoms with Crippen LogP contribution in [-0.2, 0) is 11.3 Å². The number of aryl methyl sites for hydroxylation is 1. The third-order valence-electron chi connectivity index (χ3n) is 3.31. The summed E-state index contributed by atoms with van der Waals surface area (Å²) in [5, 5.41) is 9.47. The molecule has 0 aliphatic rings. The van der Waals surface area contributed by atoms with Gasteiger partial charge in [0.2, 0.25) is 0 Å². The summed E-state index contributed by atoms with van der Waals surface area (Å²) >= 11 is 1.14. The summed E-state index contributed by atoms with van der Waals surface area (Å²) in [5.74, 6) is -0.692. The van der Waals surface area contributed by atoms with Gasteiger partial charge in [0.1, 0.15) is 6.33 Å². The number of nitrogen functional groups attached to an aromatic ring is 1. The van der Waals surface area contributed by atoms with Crippen molar-refractivity contribution in [3.05, 3.63) is 41.7 Å². The van der Waals surface area contributed by atoms with Gasteiger partial charge in [-0.25, -0.2) is 15.0 Å². The SMILES string of the molecule is Cc1ccc(Cn2c(SCC(=O)O)nc3c(N)ncnc32)cc1. The van der Waals surface area contributed by atoms with Crippen molar-refractivity contribution < 1.29 is 9.90 Å². The van der Waals surface area contributed by atoms with E-state index in [1.165, 1.54) is 11.9 Å². The van der Waals surface area contributed by atoms with Gasteiger partial charge in [-0.2, -0.15) is 0 Å². The Labute approximate surface area is 136 Å². The maximum atomic E-state index is 10.9. The molecule has 0 unspecified atom stereocenters. The quantitative estimate of drug-likeness (QED) is 0.689. The molecular weight excluding hydrogens is 314 g/mol. The van der Waals surface area contributed by atoms with Crippen LogP contribution in [0.1, 0.15) is 11.1 Å². The van der Waals surface area contributed by atoms with E-state index in [9.17, 15) is 4.79 Å². The number of hydrogen-bond donors (Lipinski definition) is 2. The van der Waals surface area contributed by atoms with Crippen molar-refractivity contribution in [1.82, 2.24) is 19.5 Å². The summed E-state index contributed by atoms with van der Waals surface area (Å²) in [5.41, 5.74) is 9.20. The Morgan fingerprint density at radius 3 is 2.74 bits per heavy atom. The average molecular weight is 329 g/mol. The van der Waals surface area contributed by atoms with Crippen LogP contribution in [0.3, 0.4) is 0 Å². The van der Waals surface area contributed by atoms with E-state index >= 15 is 0 Å². The molecule has 1 aromatic carbocycles. The van der Waals surface area contributed by atoms with Gasteiger partial charge in [0.25, 0.3) is 0 Å². The highest BCUT2D eigenvalue weighted by Gasteiger charge is 2.16. The molecule has 0 atom stereocenters. The van der Waals surface area contributed by atoms with Crippen molar-refractivity contribution >= 4 is 34.7 Å². The third-order valence-corrected chi connectivity index (χ3v) is 4.27. The molecule has 7 nitrogen and oxygen atoms in total. The van der Waals surface area contributed by atoms with Crippen molar-refractivity contribution in [2.75, 3.05) is 11.5 Å². The van der Waals surface area contributed by atoms with Gasteiger partial charge in [0, 0.05) is 0 Å². The van der Waals surface area contributed by atoms with Gasteiger partial charge in [-0.3, -0.25) is 9.36 Å². The second-order valence-electron chi connectivity index (χ2n) is 5.08. The van der Waals surface area contributed by atoms with Crippen LogP contribution in [0.25, 0.3) is 11.2 Å². The van der Waals surface area contributed by atoms with Gasteiger partial charge in [-0.1, -0.05) is 41.6 Å². The summed E-state index contributed by atoms with van der Waals surface area (Å²) in [4.78, 5) is 23.5. The number of fused-ring (bicyclic) bond motifs is 1. The number of rotatable bonds is 5. The molecule has 3 N–H and O–H groups in total. The summed E-state index contributed by atoms with van der Waals surface area (Å²) in [6, 6.07) is 8.11. The molecule has 0 radical (unpaired) electrons. The van der Waals surface area contributed by atoms with Crippen LogP contribution >= 0.6 is 11.8 Å². The number of anilines is 1. The lowest BCUT2D eigenvalue weighted by atomic mass is 10.1. The van der Waals surface area contributed by atoms with Gasteiger partial charge >= 0.3 is 5.97 Å². The van der Waals surface area contributed by atoms with Crippen LogP contribution in [0.15, 0.2) is 35.7 Å². The highest BCUT2D eigenvalue weighted by molar-refractivity contribution is 7.99. The van der Waals surface area contributed by atoms with Crippen molar-refractivity contribution in [2.45, 2.75) is 18.6 Å². The summed E-state index contributed by atoms with van der Waals surface area (Å²) < 4.78 is 1.87. The normalized spacial score (nSPS) is 11.0. The van der Waals surface area contributed by atoms with E-state index in [2.05, 4.69) is 15.0 Å². The number of carboxylic acid groups (broad SMARTS) is 1. The van der Waals surface area contributed by atoms with Crippen molar-refractivity contribution in [2.24, 2.45) is 0 Å². The van der Waals surface area contributed by atoms with Crippen molar-refractivity contribution in [1.29, 1.82) is 0 Å². The van der Waals surface area contributed by atoms with Crippen LogP contribution in [0, 0.1) is 6.92 Å². The average Bonchev–Trinajstić information content (AvgIpc) is 2.87. The van der Waals surface area contributed by atoms with E-state index in [0.717, 1.165) is 17.3 Å². The van der Waals surface area contributed by atoms with E-state index in [4.69, 9.17) is 10.8 Å². The lowest BCUT2D eigenvalue weighted by Crippen LogP contribution is -2.05. The number of aromatic nitrogens is 4. The van der Waals surface area contributed by atoms with Gasteiger partial charge in [-0.05, 0) is 12.5 Å². The second-order valence-corrected chi connectivity index (χ2v) is 6.02. The highest BCUT2D eigenvalue weighted by atomic mass is 32.2. The summed E-state index contributed by atoms with van der Waals surface area (Å²) in [7, 11) is 0. The van der Waals surface area contributed by atoms with Crippen LogP contribution in [0.2, 0.25) is 0 Å². The lowest BCUT2D eigenvalue weighted by molar-refractivity contribution is -0.133. The van der Waals surface area contributed by atoms with E-state index in [1.807, 2.05) is 35.8 Å². The second kappa shape index (κ2) is 6.25. The zero-order valence-electron chi connectivity index (χ0n) is 12.4. The smallest absolute Gasteiger partial charge is 0.313 e. The number of nitrogens with zero attached hydrogens (tertiary/aromatic N) is 4. The fraction of sp³-hybridized carbons (Fsp3) is 0.200. The molecule has 0 saturated heterocycles. The molecule has 2 aromatic heterocycles. The number of nitrogens with two attached hydrogens (primary N) is 1. The minimum atomic E-state index is -0.900. The van der Waals surface area contributed by atoms with Crippen LogP contribution in [0.4, 0.5) is 5.82 Å². The number of benzene rings is 1. The molecular formula is C15H15N5O2S. The Balaban J connectivity index is 2.04. The largest absolute Gasteiger partial charge is 0.481 e. The Bertz CT molecular complexity index is 860. The Morgan fingerprint density at radius 1 is 1.30 bits per heavy atom. The first-order valence-electron chi connectivity index (χ1n) is 6.91. The molecule has 23 heavy (non-hydrogen) atoms. The lowest BCUT2D eigenvalue weighted by Gasteiger charge is -2.08. The van der Waals surface area contributed by atoms with Crippen LogP contribution in [-0.4, -0.2) is 36.3 Å². The Kier molecular flexibility index (Phi) is 4.16. The van der Waals surface area contributed by atoms with Gasteiger partial charge < -0.3 is 10.8 Å². The predicted molar refractivity (Wildman–Crippen MR) is 88.4 cm³/mol. The third kappa shape index (κ3) is 3.26.